The first-order valence-corrected chi connectivity index (χ1v) is 6.94. The first-order chi connectivity index (χ1) is 10.3. The molecule has 114 valence electrons. The first-order valence-electron chi connectivity index (χ1n) is 6.94. The molecule has 1 N–H and O–H groups in total. The zero-order valence-corrected chi connectivity index (χ0v) is 13.1. The number of carbonyl (C=O) groups is 1. The Hall–Kier alpha value is -2.69. The summed E-state index contributed by atoms with van der Waals surface area (Å²) in [6.45, 7) is 7.27. The fourth-order valence-electron chi connectivity index (χ4n) is 2.59. The van der Waals surface area contributed by atoms with Crippen molar-refractivity contribution >= 4 is 17.3 Å². The summed E-state index contributed by atoms with van der Waals surface area (Å²) >= 11 is 0. The molecule has 0 saturated carbocycles. The fraction of sp³-hybridized carbons (Fsp3) is 0.235. The molecule has 2 rings (SSSR count). The number of carbonyl (C=O) groups excluding carboxylic acids is 1. The minimum atomic E-state index is -0.451. The number of nitro benzene ring substituents is 1. The van der Waals surface area contributed by atoms with Gasteiger partial charge in [0.15, 0.2) is 0 Å². The predicted molar refractivity (Wildman–Crippen MR) is 86.4 cm³/mol. The number of hydrogen-bond acceptors (Lipinski definition) is 3. The van der Waals surface area contributed by atoms with Gasteiger partial charge in [-0.05, 0) is 49.9 Å². The van der Waals surface area contributed by atoms with Crippen molar-refractivity contribution in [3.8, 4) is 0 Å². The van der Waals surface area contributed by atoms with Crippen LogP contribution < -0.4 is 5.32 Å². The molecule has 0 aromatic heterocycles. The molecule has 0 aliphatic heterocycles. The lowest BCUT2D eigenvalue weighted by atomic mass is 10.0. The highest BCUT2D eigenvalue weighted by molar-refractivity contribution is 6.07. The van der Waals surface area contributed by atoms with Crippen LogP contribution in [0.1, 0.15) is 32.6 Å². The number of para-hydroxylation sites is 1. The van der Waals surface area contributed by atoms with Crippen molar-refractivity contribution in [2.75, 3.05) is 5.32 Å². The second-order valence-corrected chi connectivity index (χ2v) is 5.43. The molecule has 0 aliphatic carbocycles. The Labute approximate surface area is 129 Å². The maximum Gasteiger partial charge on any atom is 0.270 e. The number of benzene rings is 2. The van der Waals surface area contributed by atoms with Crippen LogP contribution in [0.25, 0.3) is 0 Å². The van der Waals surface area contributed by atoms with E-state index >= 15 is 0 Å². The average molecular weight is 298 g/mol. The van der Waals surface area contributed by atoms with Crippen LogP contribution in [0.2, 0.25) is 0 Å². The third kappa shape index (κ3) is 2.98. The number of nitrogens with zero attached hydrogens (tertiary/aromatic N) is 1. The second-order valence-electron chi connectivity index (χ2n) is 5.43. The third-order valence-electron chi connectivity index (χ3n) is 3.67. The zero-order valence-electron chi connectivity index (χ0n) is 13.1. The number of amides is 1. The summed E-state index contributed by atoms with van der Waals surface area (Å²) in [5.74, 6) is -0.248. The van der Waals surface area contributed by atoms with Gasteiger partial charge in [0.05, 0.1) is 4.92 Å². The number of rotatable bonds is 3. The van der Waals surface area contributed by atoms with E-state index in [0.29, 0.717) is 16.7 Å². The van der Waals surface area contributed by atoms with E-state index < -0.39 is 4.92 Å². The summed E-state index contributed by atoms with van der Waals surface area (Å²) in [6, 6.07) is 8.64. The van der Waals surface area contributed by atoms with Gasteiger partial charge in [0, 0.05) is 23.4 Å². The molecule has 0 aliphatic rings. The third-order valence-corrected chi connectivity index (χ3v) is 3.67. The molecule has 0 unspecified atom stereocenters. The van der Waals surface area contributed by atoms with Gasteiger partial charge in [0.2, 0.25) is 0 Å². The van der Waals surface area contributed by atoms with Crippen LogP contribution in [0.4, 0.5) is 11.4 Å². The molecule has 0 atom stereocenters. The van der Waals surface area contributed by atoms with Gasteiger partial charge < -0.3 is 5.32 Å². The molecule has 5 nitrogen and oxygen atoms in total. The monoisotopic (exact) mass is 298 g/mol. The molecule has 5 heteroatoms. The molecule has 2 aromatic rings. The summed E-state index contributed by atoms with van der Waals surface area (Å²) < 4.78 is 0. The summed E-state index contributed by atoms with van der Waals surface area (Å²) in [5.41, 5.74) is 4.40. The predicted octanol–water partition coefficient (Wildman–Crippen LogP) is 4.08. The quantitative estimate of drug-likeness (QED) is 0.685. The molecule has 1 amide bonds. The number of non-ortho nitro benzene ring substituents is 1. The lowest BCUT2D eigenvalue weighted by Gasteiger charge is -2.14. The highest BCUT2D eigenvalue weighted by Gasteiger charge is 2.18. The molecule has 2 aromatic carbocycles. The maximum absolute atomic E-state index is 12.6. The zero-order chi connectivity index (χ0) is 16.4. The van der Waals surface area contributed by atoms with E-state index in [1.54, 1.807) is 13.8 Å². The molecular formula is C17H18N2O3. The van der Waals surface area contributed by atoms with Crippen LogP contribution in [0.3, 0.4) is 0 Å². The SMILES string of the molecule is Cc1cccc(C)c1NC(=O)c1c(C)cc([N+](=O)[O-])cc1C. The van der Waals surface area contributed by atoms with Crippen molar-refractivity contribution in [1.29, 1.82) is 0 Å². The lowest BCUT2D eigenvalue weighted by molar-refractivity contribution is -0.384. The van der Waals surface area contributed by atoms with E-state index in [-0.39, 0.29) is 11.6 Å². The van der Waals surface area contributed by atoms with Gasteiger partial charge in [-0.25, -0.2) is 0 Å². The van der Waals surface area contributed by atoms with Crippen LogP contribution in [-0.2, 0) is 0 Å². The first kappa shape index (κ1) is 15.7. The Kier molecular flexibility index (Phi) is 4.26. The van der Waals surface area contributed by atoms with E-state index in [0.717, 1.165) is 16.8 Å². The van der Waals surface area contributed by atoms with Crippen molar-refractivity contribution < 1.29 is 9.72 Å². The molecule has 0 fully saturated rings. The number of anilines is 1. The number of nitro groups is 1. The molecule has 0 saturated heterocycles. The highest BCUT2D eigenvalue weighted by Crippen LogP contribution is 2.25. The number of nitrogens with one attached hydrogen (secondary N) is 1. The normalized spacial score (nSPS) is 10.4. The molecule has 0 bridgehead atoms. The van der Waals surface area contributed by atoms with Crippen molar-refractivity contribution in [3.63, 3.8) is 0 Å². The maximum atomic E-state index is 12.6. The molecule has 0 radical (unpaired) electrons. The number of aryl methyl sites for hydroxylation is 4. The van der Waals surface area contributed by atoms with Crippen LogP contribution in [-0.4, -0.2) is 10.8 Å². The van der Waals surface area contributed by atoms with Crippen molar-refractivity contribution in [1.82, 2.24) is 0 Å². The summed E-state index contributed by atoms with van der Waals surface area (Å²) in [7, 11) is 0. The minimum Gasteiger partial charge on any atom is -0.321 e. The highest BCUT2D eigenvalue weighted by atomic mass is 16.6. The molecule has 0 spiro atoms. The standard InChI is InChI=1S/C17H18N2O3/c1-10-6-5-7-11(2)16(10)18-17(20)15-12(3)8-14(19(21)22)9-13(15)4/h5-9H,1-4H3,(H,18,20). The van der Waals surface area contributed by atoms with E-state index in [1.807, 2.05) is 32.0 Å². The van der Waals surface area contributed by atoms with Crippen molar-refractivity contribution in [2.45, 2.75) is 27.7 Å². The second kappa shape index (κ2) is 5.97. The van der Waals surface area contributed by atoms with Crippen LogP contribution in [0, 0.1) is 37.8 Å². The van der Waals surface area contributed by atoms with Crippen LogP contribution in [0.5, 0.6) is 0 Å². The summed E-state index contributed by atoms with van der Waals surface area (Å²) in [5, 5.41) is 13.8. The Morgan fingerprint density at radius 3 is 1.95 bits per heavy atom. The van der Waals surface area contributed by atoms with Crippen molar-refractivity contribution in [2.24, 2.45) is 0 Å². The van der Waals surface area contributed by atoms with Crippen molar-refractivity contribution in [3.05, 3.63) is 68.3 Å². The van der Waals surface area contributed by atoms with Gasteiger partial charge in [-0.3, -0.25) is 14.9 Å². The minimum absolute atomic E-state index is 0.00128. The van der Waals surface area contributed by atoms with Gasteiger partial charge in [-0.1, -0.05) is 18.2 Å². The lowest BCUT2D eigenvalue weighted by Crippen LogP contribution is -2.16. The van der Waals surface area contributed by atoms with E-state index in [2.05, 4.69) is 5.32 Å². The Balaban J connectivity index is 2.40. The summed E-state index contributed by atoms with van der Waals surface area (Å²) in [6.07, 6.45) is 0. The smallest absolute Gasteiger partial charge is 0.270 e. The van der Waals surface area contributed by atoms with Gasteiger partial charge in [-0.15, -0.1) is 0 Å². The van der Waals surface area contributed by atoms with Crippen LogP contribution >= 0.6 is 0 Å². The molecule has 22 heavy (non-hydrogen) atoms. The van der Waals surface area contributed by atoms with E-state index in [9.17, 15) is 14.9 Å². The fourth-order valence-corrected chi connectivity index (χ4v) is 2.59. The van der Waals surface area contributed by atoms with Gasteiger partial charge in [0.1, 0.15) is 0 Å². The Morgan fingerprint density at radius 2 is 1.50 bits per heavy atom. The Morgan fingerprint density at radius 1 is 1.00 bits per heavy atom. The van der Waals surface area contributed by atoms with Crippen LogP contribution in [0.15, 0.2) is 30.3 Å². The van der Waals surface area contributed by atoms with Gasteiger partial charge >= 0.3 is 0 Å². The molecular weight excluding hydrogens is 280 g/mol. The summed E-state index contributed by atoms with van der Waals surface area (Å²) in [4.78, 5) is 23.0. The Bertz CT molecular complexity index is 723. The van der Waals surface area contributed by atoms with E-state index in [1.165, 1.54) is 12.1 Å². The molecule has 0 heterocycles. The number of hydrogen-bond donors (Lipinski definition) is 1. The van der Waals surface area contributed by atoms with Gasteiger partial charge in [-0.2, -0.15) is 0 Å². The topological polar surface area (TPSA) is 72.2 Å². The average Bonchev–Trinajstić information content (AvgIpc) is 2.42. The van der Waals surface area contributed by atoms with Gasteiger partial charge in [0.25, 0.3) is 11.6 Å². The largest absolute Gasteiger partial charge is 0.321 e. The van der Waals surface area contributed by atoms with E-state index in [4.69, 9.17) is 0 Å².